The predicted molar refractivity (Wildman–Crippen MR) is 205 cm³/mol. The lowest BCUT2D eigenvalue weighted by Crippen LogP contribution is -2.18. The van der Waals surface area contributed by atoms with E-state index in [9.17, 15) is 30.7 Å². The molecule has 0 aliphatic heterocycles. The third kappa shape index (κ3) is 7.43. The highest BCUT2D eigenvalue weighted by Gasteiger charge is 2.20. The maximum absolute atomic E-state index is 13.9. The molecule has 0 unspecified atom stereocenters. The Morgan fingerprint density at radius 3 is 1.39 bits per heavy atom. The monoisotopic (exact) mass is 724 g/mol. The Bertz CT molecular complexity index is 2500. The van der Waals surface area contributed by atoms with Gasteiger partial charge in [0, 0.05) is 56.4 Å². The number of aromatic nitrogens is 2. The Kier molecular flexibility index (Phi) is 9.73. The molecule has 0 amide bonds. The van der Waals surface area contributed by atoms with Crippen molar-refractivity contribution < 1.29 is 30.7 Å². The van der Waals surface area contributed by atoms with Crippen molar-refractivity contribution in [2.24, 2.45) is 0 Å². The van der Waals surface area contributed by atoms with Gasteiger partial charge in [0.2, 0.25) is 0 Å². The molecule has 1 saturated carbocycles. The fourth-order valence-electron chi connectivity index (χ4n) is 7.60. The number of carbonyl (C=O) groups excluding carboxylic acids is 1. The fourth-order valence-corrected chi connectivity index (χ4v) is 8.74. The second-order valence-corrected chi connectivity index (χ2v) is 16.5. The first-order chi connectivity index (χ1) is 24.5. The number of unbranched alkanes of at least 4 members (excludes halogenated alkanes) is 2. The molecule has 2 aromatic heterocycles. The molecule has 2 heterocycles. The average Bonchev–Trinajstić information content (AvgIpc) is 3.57. The number of hydrogen-bond acceptors (Lipinski definition) is 5. The van der Waals surface area contributed by atoms with E-state index in [0.717, 1.165) is 71.6 Å². The molecule has 264 valence electrons. The summed E-state index contributed by atoms with van der Waals surface area (Å²) in [6.07, 6.45) is 11.8. The van der Waals surface area contributed by atoms with Crippen molar-refractivity contribution in [2.75, 3.05) is 11.5 Å². The number of ketones is 1. The molecule has 1 fully saturated rings. The summed E-state index contributed by atoms with van der Waals surface area (Å²) in [7, 11) is -8.06. The number of nitrogens with zero attached hydrogens (tertiary/aromatic N) is 2. The highest BCUT2D eigenvalue weighted by atomic mass is 32.2. The Hall–Kier alpha value is -4.55. The second kappa shape index (κ2) is 14.2. The van der Waals surface area contributed by atoms with Gasteiger partial charge in [-0.1, -0.05) is 72.8 Å². The molecule has 51 heavy (non-hydrogen) atoms. The lowest BCUT2D eigenvalue weighted by atomic mass is 9.88. The van der Waals surface area contributed by atoms with Gasteiger partial charge in [-0.25, -0.2) is 0 Å². The van der Waals surface area contributed by atoms with Crippen LogP contribution in [0.25, 0.3) is 55.5 Å². The summed E-state index contributed by atoms with van der Waals surface area (Å²) in [4.78, 5) is 13.9. The molecule has 0 spiro atoms. The highest BCUT2D eigenvalue weighted by Crippen LogP contribution is 2.29. The predicted octanol–water partition coefficient (Wildman–Crippen LogP) is 6.54. The number of carbonyl (C=O) groups is 1. The van der Waals surface area contributed by atoms with E-state index in [-0.39, 0.29) is 17.3 Å². The lowest BCUT2D eigenvalue weighted by Gasteiger charge is -2.15. The van der Waals surface area contributed by atoms with Gasteiger partial charge in [0.05, 0.1) is 11.5 Å². The average molecular weight is 725 g/mol. The third-order valence-corrected chi connectivity index (χ3v) is 11.5. The zero-order valence-corrected chi connectivity index (χ0v) is 29.8. The van der Waals surface area contributed by atoms with Crippen molar-refractivity contribution >= 4 is 81.5 Å². The first kappa shape index (κ1) is 34.9. The van der Waals surface area contributed by atoms with E-state index in [1.807, 2.05) is 48.6 Å². The van der Waals surface area contributed by atoms with Gasteiger partial charge >= 0.3 is 0 Å². The number of hydrogen-bond donors (Lipinski definition) is 2. The van der Waals surface area contributed by atoms with Crippen LogP contribution in [-0.4, -0.2) is 52.4 Å². The summed E-state index contributed by atoms with van der Waals surface area (Å²) >= 11 is 0. The molecule has 1 aliphatic carbocycles. The Morgan fingerprint density at radius 1 is 0.569 bits per heavy atom. The van der Waals surface area contributed by atoms with Gasteiger partial charge in [0.25, 0.3) is 20.2 Å². The van der Waals surface area contributed by atoms with Gasteiger partial charge in [-0.05, 0) is 91.1 Å². The SMILES string of the molecule is O=C1/C(=C/C=c2\c3cccc4cccc(c43)n2CCCCS(=O)(=O)O)CCC/C1=C\C=c1/c2cccc3cccc(c32)n1CCCCS(=O)(=O)O. The Labute approximate surface area is 296 Å². The van der Waals surface area contributed by atoms with Gasteiger partial charge < -0.3 is 9.13 Å². The first-order valence-electron chi connectivity index (χ1n) is 17.3. The van der Waals surface area contributed by atoms with Crippen molar-refractivity contribution in [3.05, 3.63) is 107 Å². The zero-order valence-electron chi connectivity index (χ0n) is 28.2. The maximum Gasteiger partial charge on any atom is 0.264 e. The smallest absolute Gasteiger partial charge is 0.264 e. The normalized spacial score (nSPS) is 17.1. The lowest BCUT2D eigenvalue weighted by molar-refractivity contribution is -0.113. The molecular formula is C40H40N2O7S2. The summed E-state index contributed by atoms with van der Waals surface area (Å²) in [5, 5.41) is 8.48. The van der Waals surface area contributed by atoms with Crippen LogP contribution in [0.1, 0.15) is 44.9 Å². The Morgan fingerprint density at radius 2 is 0.980 bits per heavy atom. The Balaban J connectivity index is 1.25. The zero-order chi connectivity index (χ0) is 35.8. The molecule has 1 aliphatic rings. The molecule has 0 saturated heterocycles. The van der Waals surface area contributed by atoms with Gasteiger partial charge in [-0.2, -0.15) is 16.8 Å². The van der Waals surface area contributed by atoms with E-state index < -0.39 is 20.2 Å². The largest absolute Gasteiger partial charge is 0.340 e. The molecule has 11 heteroatoms. The van der Waals surface area contributed by atoms with Crippen LogP contribution in [0.4, 0.5) is 0 Å². The minimum atomic E-state index is -4.03. The van der Waals surface area contributed by atoms with Crippen molar-refractivity contribution in [2.45, 2.75) is 58.0 Å². The number of benzene rings is 4. The molecular weight excluding hydrogens is 685 g/mol. The number of Topliss-reactive ketones (excluding diaryl/α,β-unsaturated/α-hetero) is 1. The van der Waals surface area contributed by atoms with Crippen molar-refractivity contribution in [1.82, 2.24) is 9.13 Å². The molecule has 7 rings (SSSR count). The molecule has 0 radical (unpaired) electrons. The van der Waals surface area contributed by atoms with Gasteiger partial charge in [0.15, 0.2) is 5.78 Å². The van der Waals surface area contributed by atoms with Gasteiger partial charge in [0.1, 0.15) is 0 Å². The van der Waals surface area contributed by atoms with Crippen LogP contribution in [0.5, 0.6) is 0 Å². The van der Waals surface area contributed by atoms with Crippen molar-refractivity contribution in [3.63, 3.8) is 0 Å². The van der Waals surface area contributed by atoms with Crippen molar-refractivity contribution in [1.29, 1.82) is 0 Å². The van der Waals surface area contributed by atoms with Crippen LogP contribution >= 0.6 is 0 Å². The van der Waals surface area contributed by atoms with Crippen LogP contribution < -0.4 is 10.7 Å². The molecule has 6 aromatic rings. The number of aryl methyl sites for hydroxylation is 2. The van der Waals surface area contributed by atoms with E-state index in [0.29, 0.717) is 51.6 Å². The maximum atomic E-state index is 13.9. The quantitative estimate of drug-likeness (QED) is 0.0831. The molecule has 0 bridgehead atoms. The molecule has 9 nitrogen and oxygen atoms in total. The van der Waals surface area contributed by atoms with E-state index in [4.69, 9.17) is 0 Å². The van der Waals surface area contributed by atoms with E-state index >= 15 is 0 Å². The van der Waals surface area contributed by atoms with Gasteiger partial charge in [-0.3, -0.25) is 13.9 Å². The number of rotatable bonds is 12. The summed E-state index contributed by atoms with van der Waals surface area (Å²) in [6, 6.07) is 24.6. The van der Waals surface area contributed by atoms with E-state index in [1.54, 1.807) is 0 Å². The molecule has 2 N–H and O–H groups in total. The summed E-state index contributed by atoms with van der Waals surface area (Å²) in [5.41, 5.74) is 3.53. The van der Waals surface area contributed by atoms with E-state index in [1.165, 1.54) is 0 Å². The van der Waals surface area contributed by atoms with Crippen LogP contribution in [0.3, 0.4) is 0 Å². The second-order valence-electron chi connectivity index (χ2n) is 13.3. The van der Waals surface area contributed by atoms with Gasteiger partial charge in [-0.15, -0.1) is 0 Å². The van der Waals surface area contributed by atoms with Crippen molar-refractivity contribution in [3.8, 4) is 0 Å². The van der Waals surface area contributed by atoms with Crippen LogP contribution in [0, 0.1) is 0 Å². The van der Waals surface area contributed by atoms with E-state index in [2.05, 4.69) is 57.7 Å². The minimum Gasteiger partial charge on any atom is -0.340 e. The topological polar surface area (TPSA) is 136 Å². The summed E-state index contributed by atoms with van der Waals surface area (Å²) in [5.74, 6) is -0.557. The minimum absolute atomic E-state index is 0.0109. The standard InChI is InChI=1S/C40H40N2O7S2/c43-40-30(20-22-34-32-16-6-10-28-12-8-18-36(38(28)32)41(34)24-1-3-26-50(44,45)46)14-5-15-31(40)21-23-35-33-17-7-11-29-13-9-19-37(39(29)33)42(35)25-2-4-27-51(47,48)49/h6-13,16-23H,1-5,14-15,24-27H2,(H,44,45,46)(H,47,48,49)/b30-20+,31-21+,34-22+,35-23+. The van der Waals surface area contributed by atoms with Crippen LogP contribution in [-0.2, 0) is 38.1 Å². The fraction of sp³-hybridized carbons (Fsp3) is 0.275. The number of allylic oxidation sites excluding steroid dienone is 4. The highest BCUT2D eigenvalue weighted by molar-refractivity contribution is 7.86. The van der Waals surface area contributed by atoms with Crippen LogP contribution in [0.2, 0.25) is 0 Å². The third-order valence-electron chi connectivity index (χ3n) is 9.91. The summed E-state index contributed by atoms with van der Waals surface area (Å²) < 4.78 is 68.1. The molecule has 4 aromatic carbocycles. The molecule has 0 atom stereocenters. The first-order valence-corrected chi connectivity index (χ1v) is 20.6. The summed E-state index contributed by atoms with van der Waals surface area (Å²) in [6.45, 7) is 1.12. The van der Waals surface area contributed by atoms with Crippen LogP contribution in [0.15, 0.2) is 96.1 Å².